The van der Waals surface area contributed by atoms with Crippen LogP contribution in [-0.2, 0) is 16.6 Å². The van der Waals surface area contributed by atoms with Crippen molar-refractivity contribution in [2.24, 2.45) is 5.92 Å². The molecule has 1 saturated heterocycles. The molecular formula is C17H28N2O3S. The number of sulfonamides is 1. The number of methoxy groups -OCH3 is 1. The molecule has 6 heteroatoms. The Kier molecular flexibility index (Phi) is 6.06. The molecule has 1 fully saturated rings. The third-order valence-electron chi connectivity index (χ3n) is 4.55. The van der Waals surface area contributed by atoms with Crippen LogP contribution in [0.15, 0.2) is 24.3 Å². The third kappa shape index (κ3) is 4.46. The van der Waals surface area contributed by atoms with Gasteiger partial charge in [-0.2, -0.15) is 0 Å². The SMILES string of the molecule is COc1ccc(CNC2CCN(S(=O)(=O)C(C)C)CC2C)cc1. The lowest BCUT2D eigenvalue weighted by molar-refractivity contribution is 0.218. The zero-order chi connectivity index (χ0) is 17.0. The van der Waals surface area contributed by atoms with Gasteiger partial charge >= 0.3 is 0 Å². The fourth-order valence-corrected chi connectivity index (χ4v) is 4.33. The molecule has 1 aliphatic heterocycles. The average molecular weight is 340 g/mol. The molecule has 2 unspecified atom stereocenters. The first-order chi connectivity index (χ1) is 10.8. The van der Waals surface area contributed by atoms with Crippen molar-refractivity contribution in [3.63, 3.8) is 0 Å². The van der Waals surface area contributed by atoms with Gasteiger partial charge in [0.05, 0.1) is 12.4 Å². The van der Waals surface area contributed by atoms with E-state index in [1.807, 2.05) is 12.1 Å². The van der Waals surface area contributed by atoms with E-state index in [1.54, 1.807) is 25.3 Å². The van der Waals surface area contributed by atoms with E-state index in [4.69, 9.17) is 4.74 Å². The van der Waals surface area contributed by atoms with Gasteiger partial charge in [-0.25, -0.2) is 12.7 Å². The smallest absolute Gasteiger partial charge is 0.216 e. The normalized spacial score (nSPS) is 23.2. The molecule has 2 atom stereocenters. The summed E-state index contributed by atoms with van der Waals surface area (Å²) in [5.41, 5.74) is 1.20. The van der Waals surface area contributed by atoms with E-state index in [9.17, 15) is 8.42 Å². The molecule has 0 amide bonds. The number of ether oxygens (including phenoxy) is 1. The van der Waals surface area contributed by atoms with Crippen LogP contribution in [0.1, 0.15) is 32.8 Å². The van der Waals surface area contributed by atoms with Gasteiger partial charge in [0.1, 0.15) is 5.75 Å². The van der Waals surface area contributed by atoms with Gasteiger partial charge in [0.25, 0.3) is 0 Å². The Labute approximate surface area is 140 Å². The summed E-state index contributed by atoms with van der Waals surface area (Å²) in [6.07, 6.45) is 0.850. The lowest BCUT2D eigenvalue weighted by Crippen LogP contribution is -2.51. The molecular weight excluding hydrogens is 312 g/mol. The fourth-order valence-electron chi connectivity index (χ4n) is 2.93. The van der Waals surface area contributed by atoms with Crippen molar-refractivity contribution in [3.05, 3.63) is 29.8 Å². The highest BCUT2D eigenvalue weighted by Crippen LogP contribution is 2.22. The molecule has 1 aromatic carbocycles. The molecule has 130 valence electrons. The van der Waals surface area contributed by atoms with E-state index >= 15 is 0 Å². The van der Waals surface area contributed by atoms with E-state index in [0.717, 1.165) is 18.7 Å². The van der Waals surface area contributed by atoms with Gasteiger partial charge in [0, 0.05) is 25.7 Å². The van der Waals surface area contributed by atoms with Gasteiger partial charge in [0.15, 0.2) is 0 Å². The number of nitrogens with zero attached hydrogens (tertiary/aromatic N) is 1. The molecule has 0 aromatic heterocycles. The number of hydrogen-bond donors (Lipinski definition) is 1. The maximum atomic E-state index is 12.3. The summed E-state index contributed by atoms with van der Waals surface area (Å²) >= 11 is 0. The Balaban J connectivity index is 1.89. The Morgan fingerprint density at radius 1 is 1.30 bits per heavy atom. The van der Waals surface area contributed by atoms with Crippen LogP contribution in [0.5, 0.6) is 5.75 Å². The predicted octanol–water partition coefficient (Wildman–Crippen LogP) is 2.23. The molecule has 1 N–H and O–H groups in total. The summed E-state index contributed by atoms with van der Waals surface area (Å²) in [5, 5.41) is 3.22. The molecule has 23 heavy (non-hydrogen) atoms. The monoisotopic (exact) mass is 340 g/mol. The van der Waals surface area contributed by atoms with E-state index in [2.05, 4.69) is 24.4 Å². The zero-order valence-electron chi connectivity index (χ0n) is 14.5. The minimum absolute atomic E-state index is 0.301. The maximum absolute atomic E-state index is 12.3. The van der Waals surface area contributed by atoms with Crippen molar-refractivity contribution in [1.82, 2.24) is 9.62 Å². The molecule has 0 aliphatic carbocycles. The topological polar surface area (TPSA) is 58.6 Å². The predicted molar refractivity (Wildman–Crippen MR) is 93.0 cm³/mol. The second-order valence-corrected chi connectivity index (χ2v) is 9.04. The standard InChI is InChI=1S/C17H28N2O3S/c1-13(2)23(20,21)19-10-9-17(14(3)12-19)18-11-15-5-7-16(22-4)8-6-15/h5-8,13-14,17-18H,9-12H2,1-4H3. The van der Waals surface area contributed by atoms with Crippen LogP contribution in [0.3, 0.4) is 0 Å². The first-order valence-corrected chi connectivity index (χ1v) is 9.70. The van der Waals surface area contributed by atoms with Crippen LogP contribution in [0, 0.1) is 5.92 Å². The summed E-state index contributed by atoms with van der Waals surface area (Å²) in [6, 6.07) is 8.36. The van der Waals surface area contributed by atoms with Crippen molar-refractivity contribution >= 4 is 10.0 Å². The van der Waals surface area contributed by atoms with Crippen LogP contribution in [0.25, 0.3) is 0 Å². The van der Waals surface area contributed by atoms with Crippen molar-refractivity contribution in [2.45, 2.75) is 45.0 Å². The van der Waals surface area contributed by atoms with Gasteiger partial charge in [-0.1, -0.05) is 19.1 Å². The first kappa shape index (κ1) is 18.2. The minimum atomic E-state index is -3.14. The van der Waals surface area contributed by atoms with E-state index in [-0.39, 0.29) is 5.25 Å². The summed E-state index contributed by atoms with van der Waals surface area (Å²) in [4.78, 5) is 0. The molecule has 0 saturated carbocycles. The second-order valence-electron chi connectivity index (χ2n) is 6.55. The quantitative estimate of drug-likeness (QED) is 0.863. The summed E-state index contributed by atoms with van der Waals surface area (Å²) in [5.74, 6) is 1.16. The minimum Gasteiger partial charge on any atom is -0.497 e. The van der Waals surface area contributed by atoms with Gasteiger partial charge in [-0.05, 0) is 43.9 Å². The van der Waals surface area contributed by atoms with Crippen LogP contribution >= 0.6 is 0 Å². The molecule has 1 aromatic rings. The lowest BCUT2D eigenvalue weighted by atomic mass is 9.95. The molecule has 2 rings (SSSR count). The average Bonchev–Trinajstić information content (AvgIpc) is 2.54. The van der Waals surface area contributed by atoms with Gasteiger partial charge < -0.3 is 10.1 Å². The van der Waals surface area contributed by atoms with E-state index < -0.39 is 10.0 Å². The molecule has 1 aliphatic rings. The zero-order valence-corrected chi connectivity index (χ0v) is 15.3. The summed E-state index contributed by atoms with van der Waals surface area (Å²) in [6.45, 7) is 7.59. The van der Waals surface area contributed by atoms with Gasteiger partial charge in [-0.3, -0.25) is 0 Å². The highest BCUT2D eigenvalue weighted by atomic mass is 32.2. The van der Waals surface area contributed by atoms with Crippen molar-refractivity contribution in [2.75, 3.05) is 20.2 Å². The number of nitrogens with one attached hydrogen (secondary N) is 1. The molecule has 0 radical (unpaired) electrons. The lowest BCUT2D eigenvalue weighted by Gasteiger charge is -2.37. The van der Waals surface area contributed by atoms with Crippen LogP contribution in [0.2, 0.25) is 0 Å². The van der Waals surface area contributed by atoms with E-state index in [0.29, 0.717) is 25.0 Å². The van der Waals surface area contributed by atoms with E-state index in [1.165, 1.54) is 5.56 Å². The highest BCUT2D eigenvalue weighted by molar-refractivity contribution is 7.89. The van der Waals surface area contributed by atoms with Gasteiger partial charge in [0.2, 0.25) is 10.0 Å². The number of piperidine rings is 1. The van der Waals surface area contributed by atoms with Crippen LogP contribution < -0.4 is 10.1 Å². The van der Waals surface area contributed by atoms with Crippen LogP contribution in [0.4, 0.5) is 0 Å². The molecule has 0 bridgehead atoms. The van der Waals surface area contributed by atoms with Crippen LogP contribution in [-0.4, -0.2) is 44.2 Å². The summed E-state index contributed by atoms with van der Waals surface area (Å²) < 4.78 is 31.3. The Bertz CT molecular complexity index is 599. The van der Waals surface area contributed by atoms with Gasteiger partial charge in [-0.15, -0.1) is 0 Å². The van der Waals surface area contributed by atoms with Crippen molar-refractivity contribution in [3.8, 4) is 5.75 Å². The number of benzene rings is 1. The third-order valence-corrected chi connectivity index (χ3v) is 6.79. The van der Waals surface area contributed by atoms with Crippen molar-refractivity contribution in [1.29, 1.82) is 0 Å². The Morgan fingerprint density at radius 2 is 1.96 bits per heavy atom. The number of hydrogen-bond acceptors (Lipinski definition) is 4. The summed E-state index contributed by atoms with van der Waals surface area (Å²) in [7, 11) is -1.48. The molecule has 0 spiro atoms. The fraction of sp³-hybridized carbons (Fsp3) is 0.647. The Morgan fingerprint density at radius 3 is 2.48 bits per heavy atom. The van der Waals surface area contributed by atoms with Crippen molar-refractivity contribution < 1.29 is 13.2 Å². The first-order valence-electron chi connectivity index (χ1n) is 8.20. The molecule has 5 nitrogen and oxygen atoms in total. The highest BCUT2D eigenvalue weighted by Gasteiger charge is 2.33. The number of rotatable bonds is 6. The second kappa shape index (κ2) is 7.64. The molecule has 1 heterocycles. The Hall–Kier alpha value is -1.11. The largest absolute Gasteiger partial charge is 0.497 e. The maximum Gasteiger partial charge on any atom is 0.216 e.